The number of likely N-dealkylation sites (N-methyl/N-ethyl adjacent to an activating group) is 1. The zero-order valence-corrected chi connectivity index (χ0v) is 23.2. The van der Waals surface area contributed by atoms with Crippen LogP contribution in [0.2, 0.25) is 0 Å². The van der Waals surface area contributed by atoms with E-state index in [9.17, 15) is 16.8 Å². The van der Waals surface area contributed by atoms with Gasteiger partial charge >= 0.3 is 0 Å². The van der Waals surface area contributed by atoms with E-state index in [-0.39, 0.29) is 29.9 Å². The number of hydrogen-bond donors (Lipinski definition) is 0. The summed E-state index contributed by atoms with van der Waals surface area (Å²) < 4.78 is 73.9. The van der Waals surface area contributed by atoms with Gasteiger partial charge in [-0.05, 0) is 74.7 Å². The number of ether oxygens (including phenoxy) is 4. The molecular formula is C26H35NO8S2. The van der Waals surface area contributed by atoms with Crippen molar-refractivity contribution >= 4 is 19.7 Å². The first-order valence-corrected chi connectivity index (χ1v) is 15.7. The fourth-order valence-electron chi connectivity index (χ4n) is 5.11. The van der Waals surface area contributed by atoms with Crippen LogP contribution in [-0.4, -0.2) is 80.8 Å². The van der Waals surface area contributed by atoms with Crippen molar-refractivity contribution in [3.63, 3.8) is 0 Å². The lowest BCUT2D eigenvalue weighted by molar-refractivity contribution is 0.171. The van der Waals surface area contributed by atoms with Crippen LogP contribution in [0.3, 0.4) is 0 Å². The second-order valence-electron chi connectivity index (χ2n) is 9.45. The van der Waals surface area contributed by atoms with E-state index in [1.54, 1.807) is 26.4 Å². The second kappa shape index (κ2) is 11.1. The van der Waals surface area contributed by atoms with Gasteiger partial charge in [0.05, 0.1) is 25.7 Å². The van der Waals surface area contributed by atoms with E-state index in [0.29, 0.717) is 55.7 Å². The summed E-state index contributed by atoms with van der Waals surface area (Å²) >= 11 is 0. The van der Waals surface area contributed by atoms with E-state index in [1.165, 1.54) is 6.07 Å². The van der Waals surface area contributed by atoms with Crippen LogP contribution in [0, 0.1) is 0 Å². The zero-order valence-electron chi connectivity index (χ0n) is 21.6. The molecule has 37 heavy (non-hydrogen) atoms. The maximum atomic E-state index is 13.5. The van der Waals surface area contributed by atoms with Crippen LogP contribution in [0.1, 0.15) is 30.4 Å². The fraction of sp³-hybridized carbons (Fsp3) is 0.538. The first-order valence-electron chi connectivity index (χ1n) is 12.4. The number of sulfone groups is 2. The second-order valence-corrected chi connectivity index (χ2v) is 14.4. The maximum Gasteiger partial charge on any atom is 0.198 e. The molecule has 0 aliphatic carbocycles. The third-order valence-corrected chi connectivity index (χ3v) is 13.2. The van der Waals surface area contributed by atoms with Gasteiger partial charge < -0.3 is 23.8 Å². The molecule has 11 heteroatoms. The summed E-state index contributed by atoms with van der Waals surface area (Å²) in [5.41, 5.74) is 1.32. The predicted molar refractivity (Wildman–Crippen MR) is 141 cm³/mol. The highest BCUT2D eigenvalue weighted by Crippen LogP contribution is 2.47. The third-order valence-electron chi connectivity index (χ3n) is 7.09. The molecule has 1 fully saturated rings. The summed E-state index contributed by atoms with van der Waals surface area (Å²) in [6.45, 7) is 1.98. The molecule has 2 aliphatic heterocycles. The Morgan fingerprint density at radius 2 is 1.54 bits per heavy atom. The van der Waals surface area contributed by atoms with Gasteiger partial charge in [-0.2, -0.15) is 0 Å². The van der Waals surface area contributed by atoms with Crippen molar-refractivity contribution in [3.8, 4) is 23.0 Å². The van der Waals surface area contributed by atoms with Crippen LogP contribution in [0.25, 0.3) is 0 Å². The summed E-state index contributed by atoms with van der Waals surface area (Å²) in [6, 6.07) is 10.5. The third kappa shape index (κ3) is 5.39. The SMILES string of the molecule is COc1ccc(CCN(C)CCCC2(c3ccc4c(c3)OCCO4)S(=O)(=O)CCCS2(=O)=O)cc1OC. The lowest BCUT2D eigenvalue weighted by Gasteiger charge is -2.37. The summed E-state index contributed by atoms with van der Waals surface area (Å²) in [6.07, 6.45) is 1.25. The van der Waals surface area contributed by atoms with Gasteiger partial charge in [0.25, 0.3) is 0 Å². The number of rotatable bonds is 10. The van der Waals surface area contributed by atoms with E-state index in [4.69, 9.17) is 18.9 Å². The zero-order chi connectivity index (χ0) is 26.7. The minimum atomic E-state index is -3.97. The molecule has 0 N–H and O–H groups in total. The largest absolute Gasteiger partial charge is 0.493 e. The number of benzene rings is 2. The average Bonchev–Trinajstić information content (AvgIpc) is 2.88. The quantitative estimate of drug-likeness (QED) is 0.439. The van der Waals surface area contributed by atoms with Gasteiger partial charge in [-0.15, -0.1) is 0 Å². The van der Waals surface area contributed by atoms with E-state index in [1.807, 2.05) is 25.2 Å². The average molecular weight is 554 g/mol. The van der Waals surface area contributed by atoms with Gasteiger partial charge in [0.15, 0.2) is 46.8 Å². The summed E-state index contributed by atoms with van der Waals surface area (Å²) in [4.78, 5) is 2.08. The van der Waals surface area contributed by atoms with Crippen LogP contribution < -0.4 is 18.9 Å². The Balaban J connectivity index is 1.51. The van der Waals surface area contributed by atoms with Crippen molar-refractivity contribution in [2.75, 3.05) is 59.1 Å². The molecule has 0 spiro atoms. The highest BCUT2D eigenvalue weighted by Gasteiger charge is 2.57. The molecule has 0 aromatic heterocycles. The topological polar surface area (TPSA) is 108 Å². The van der Waals surface area contributed by atoms with Crippen molar-refractivity contribution in [1.29, 1.82) is 0 Å². The van der Waals surface area contributed by atoms with Crippen LogP contribution in [0.15, 0.2) is 36.4 Å². The molecule has 0 radical (unpaired) electrons. The van der Waals surface area contributed by atoms with Crippen LogP contribution in [0.5, 0.6) is 23.0 Å². The van der Waals surface area contributed by atoms with Gasteiger partial charge in [0.2, 0.25) is 0 Å². The van der Waals surface area contributed by atoms with E-state index in [2.05, 4.69) is 4.90 Å². The molecule has 2 aromatic rings. The molecule has 2 aromatic carbocycles. The van der Waals surface area contributed by atoms with Gasteiger partial charge in [0, 0.05) is 6.54 Å². The normalized spacial score (nSPS) is 19.4. The standard InChI is InChI=1S/C26H35NO8S2/c1-27(13-10-20-6-8-22(32-2)24(18-20)33-3)12-4-11-26(36(28,29)16-5-17-37(26,30)31)21-7-9-23-25(19-21)35-15-14-34-23/h6-9,18-19H,4-5,10-17H2,1-3H3. The minimum Gasteiger partial charge on any atom is -0.493 e. The number of hydrogen-bond acceptors (Lipinski definition) is 9. The smallest absolute Gasteiger partial charge is 0.198 e. The molecule has 0 unspecified atom stereocenters. The summed E-state index contributed by atoms with van der Waals surface area (Å²) in [7, 11) is -2.80. The van der Waals surface area contributed by atoms with E-state index >= 15 is 0 Å². The molecule has 4 rings (SSSR count). The molecule has 0 atom stereocenters. The number of methoxy groups -OCH3 is 2. The fourth-order valence-corrected chi connectivity index (χ4v) is 10.9. The van der Waals surface area contributed by atoms with Crippen molar-refractivity contribution in [3.05, 3.63) is 47.5 Å². The Morgan fingerprint density at radius 3 is 2.22 bits per heavy atom. The monoisotopic (exact) mass is 553 g/mol. The Kier molecular flexibility index (Phi) is 8.25. The molecule has 204 valence electrons. The Hall–Kier alpha value is -2.50. The summed E-state index contributed by atoms with van der Waals surface area (Å²) in [5.74, 6) is 1.89. The van der Waals surface area contributed by atoms with Gasteiger partial charge in [0.1, 0.15) is 13.2 Å². The molecule has 9 nitrogen and oxygen atoms in total. The molecule has 0 saturated carbocycles. The highest BCUT2D eigenvalue weighted by molar-refractivity contribution is 8.10. The molecular weight excluding hydrogens is 518 g/mol. The van der Waals surface area contributed by atoms with Crippen LogP contribution >= 0.6 is 0 Å². The van der Waals surface area contributed by atoms with Gasteiger partial charge in [-0.25, -0.2) is 16.8 Å². The van der Waals surface area contributed by atoms with Crippen molar-refractivity contribution < 1.29 is 35.8 Å². The highest BCUT2D eigenvalue weighted by atomic mass is 32.3. The molecule has 0 amide bonds. The van der Waals surface area contributed by atoms with Crippen LogP contribution in [-0.2, 0) is 30.2 Å². The minimum absolute atomic E-state index is 0.0159. The molecule has 2 aliphatic rings. The summed E-state index contributed by atoms with van der Waals surface area (Å²) in [5, 5.41) is 0. The number of nitrogens with zero attached hydrogens (tertiary/aromatic N) is 1. The van der Waals surface area contributed by atoms with E-state index in [0.717, 1.165) is 12.0 Å². The Bertz CT molecular complexity index is 1290. The Labute approximate surface area is 219 Å². The number of fused-ring (bicyclic) bond motifs is 1. The molecule has 2 heterocycles. The molecule has 0 bridgehead atoms. The first kappa shape index (κ1) is 27.5. The van der Waals surface area contributed by atoms with Gasteiger partial charge in [-0.3, -0.25) is 0 Å². The van der Waals surface area contributed by atoms with Crippen molar-refractivity contribution in [2.45, 2.75) is 29.8 Å². The lowest BCUT2D eigenvalue weighted by atomic mass is 10.1. The first-order chi connectivity index (χ1) is 17.6. The van der Waals surface area contributed by atoms with Crippen molar-refractivity contribution in [2.24, 2.45) is 0 Å². The van der Waals surface area contributed by atoms with E-state index < -0.39 is 23.8 Å². The predicted octanol–water partition coefficient (Wildman–Crippen LogP) is 2.82. The van der Waals surface area contributed by atoms with Gasteiger partial charge in [-0.1, -0.05) is 12.1 Å². The maximum absolute atomic E-state index is 13.5. The molecule has 1 saturated heterocycles. The van der Waals surface area contributed by atoms with Crippen LogP contribution in [0.4, 0.5) is 0 Å². The Morgan fingerprint density at radius 1 is 0.865 bits per heavy atom. The van der Waals surface area contributed by atoms with Crippen molar-refractivity contribution in [1.82, 2.24) is 4.90 Å². The lowest BCUT2D eigenvalue weighted by Crippen LogP contribution is -2.50.